The second-order valence-corrected chi connectivity index (χ2v) is 7.55. The van der Waals surface area contributed by atoms with Crippen molar-refractivity contribution < 1.29 is 13.6 Å². The van der Waals surface area contributed by atoms with Gasteiger partial charge in [0.1, 0.15) is 16.3 Å². The fourth-order valence-corrected chi connectivity index (χ4v) is 4.23. The topological polar surface area (TPSA) is 52.0 Å². The van der Waals surface area contributed by atoms with E-state index in [4.69, 9.17) is 0 Å². The number of nitrogens with zero attached hydrogens (tertiary/aromatic N) is 2. The van der Waals surface area contributed by atoms with Crippen molar-refractivity contribution in [2.24, 2.45) is 0 Å². The number of halogens is 2. The SMILES string of the molecule is CCn1c(SC(C)C(=O)c2ccc(F)cc2F)nc2ccsc2c1=O. The van der Waals surface area contributed by atoms with Gasteiger partial charge in [-0.15, -0.1) is 11.3 Å². The first kappa shape index (κ1) is 17.8. The molecule has 25 heavy (non-hydrogen) atoms. The van der Waals surface area contributed by atoms with Crippen LogP contribution in [0.1, 0.15) is 24.2 Å². The molecule has 0 spiro atoms. The minimum absolute atomic E-state index is 0.155. The molecule has 0 saturated carbocycles. The molecule has 8 heteroatoms. The summed E-state index contributed by atoms with van der Waals surface area (Å²) in [6, 6.07) is 4.61. The molecule has 0 N–H and O–H groups in total. The van der Waals surface area contributed by atoms with Crippen molar-refractivity contribution in [3.63, 3.8) is 0 Å². The van der Waals surface area contributed by atoms with Crippen LogP contribution < -0.4 is 5.56 Å². The van der Waals surface area contributed by atoms with Gasteiger partial charge in [-0.1, -0.05) is 11.8 Å². The molecule has 0 fully saturated rings. The molecule has 4 nitrogen and oxygen atoms in total. The Morgan fingerprint density at radius 3 is 2.80 bits per heavy atom. The number of Topliss-reactive ketones (excluding diaryl/α,β-unsaturated/α-hetero) is 1. The highest BCUT2D eigenvalue weighted by Crippen LogP contribution is 2.27. The zero-order valence-electron chi connectivity index (χ0n) is 13.5. The molecular weight excluding hydrogens is 366 g/mol. The molecule has 1 atom stereocenters. The number of aromatic nitrogens is 2. The molecular formula is C17H14F2N2O2S2. The number of carbonyl (C=O) groups excluding carboxylic acids is 1. The Hall–Kier alpha value is -2.06. The number of rotatable bonds is 5. The summed E-state index contributed by atoms with van der Waals surface area (Å²) < 4.78 is 28.9. The third kappa shape index (κ3) is 3.36. The summed E-state index contributed by atoms with van der Waals surface area (Å²) >= 11 is 2.41. The van der Waals surface area contributed by atoms with Crippen molar-refractivity contribution in [2.75, 3.05) is 0 Å². The van der Waals surface area contributed by atoms with Crippen molar-refractivity contribution in [3.05, 3.63) is 57.2 Å². The van der Waals surface area contributed by atoms with Gasteiger partial charge in [0.25, 0.3) is 5.56 Å². The van der Waals surface area contributed by atoms with E-state index in [0.29, 0.717) is 28.0 Å². The number of thiophene rings is 1. The van der Waals surface area contributed by atoms with Gasteiger partial charge in [-0.3, -0.25) is 14.2 Å². The molecule has 130 valence electrons. The summed E-state index contributed by atoms with van der Waals surface area (Å²) in [4.78, 5) is 29.4. The van der Waals surface area contributed by atoms with E-state index < -0.39 is 22.7 Å². The van der Waals surface area contributed by atoms with Crippen LogP contribution in [0.25, 0.3) is 10.2 Å². The predicted octanol–water partition coefficient (Wildman–Crippen LogP) is 4.12. The van der Waals surface area contributed by atoms with Gasteiger partial charge in [-0.05, 0) is 37.4 Å². The minimum Gasteiger partial charge on any atom is -0.293 e. The number of ketones is 1. The maximum Gasteiger partial charge on any atom is 0.272 e. The van der Waals surface area contributed by atoms with Gasteiger partial charge in [0, 0.05) is 12.6 Å². The van der Waals surface area contributed by atoms with E-state index in [1.807, 2.05) is 6.92 Å². The molecule has 1 aromatic carbocycles. The fraction of sp³-hybridized carbons (Fsp3) is 0.235. The van der Waals surface area contributed by atoms with Gasteiger partial charge in [-0.25, -0.2) is 13.8 Å². The lowest BCUT2D eigenvalue weighted by molar-refractivity contribution is 0.0990. The number of fused-ring (bicyclic) bond motifs is 1. The van der Waals surface area contributed by atoms with Crippen molar-refractivity contribution in [3.8, 4) is 0 Å². The van der Waals surface area contributed by atoms with Gasteiger partial charge >= 0.3 is 0 Å². The Bertz CT molecular complexity index is 1010. The monoisotopic (exact) mass is 380 g/mol. The van der Waals surface area contributed by atoms with Gasteiger partial charge in [-0.2, -0.15) is 0 Å². The number of hydrogen-bond donors (Lipinski definition) is 0. The second kappa shape index (κ2) is 7.05. The Kier molecular flexibility index (Phi) is 5.01. The summed E-state index contributed by atoms with van der Waals surface area (Å²) in [6.45, 7) is 3.84. The summed E-state index contributed by atoms with van der Waals surface area (Å²) in [5.74, 6) is -2.12. The first-order valence-electron chi connectivity index (χ1n) is 7.56. The van der Waals surface area contributed by atoms with E-state index in [9.17, 15) is 18.4 Å². The number of thioether (sulfide) groups is 1. The van der Waals surface area contributed by atoms with Crippen LogP contribution in [0.15, 0.2) is 39.6 Å². The quantitative estimate of drug-likeness (QED) is 0.380. The normalized spacial score (nSPS) is 12.5. The summed E-state index contributed by atoms with van der Waals surface area (Å²) in [6.07, 6.45) is 0. The van der Waals surface area contributed by atoms with Gasteiger partial charge < -0.3 is 0 Å². The fourth-order valence-electron chi connectivity index (χ4n) is 2.41. The maximum absolute atomic E-state index is 13.8. The van der Waals surface area contributed by atoms with E-state index in [1.165, 1.54) is 15.9 Å². The number of carbonyl (C=O) groups is 1. The third-order valence-electron chi connectivity index (χ3n) is 3.70. The van der Waals surface area contributed by atoms with Crippen LogP contribution in [0, 0.1) is 11.6 Å². The average molecular weight is 380 g/mol. The number of benzene rings is 1. The van der Waals surface area contributed by atoms with E-state index in [1.54, 1.807) is 18.4 Å². The van der Waals surface area contributed by atoms with Crippen LogP contribution in [0.5, 0.6) is 0 Å². The zero-order chi connectivity index (χ0) is 18.1. The molecule has 0 amide bonds. The minimum atomic E-state index is -0.897. The standard InChI is InChI=1S/C17H14F2N2O2S2/c1-3-21-16(23)15-13(6-7-24-15)20-17(21)25-9(2)14(22)11-5-4-10(18)8-12(11)19/h4-9H,3H2,1-2H3. The van der Waals surface area contributed by atoms with Crippen molar-refractivity contribution in [1.82, 2.24) is 9.55 Å². The second-order valence-electron chi connectivity index (χ2n) is 5.33. The van der Waals surface area contributed by atoms with Gasteiger partial charge in [0.15, 0.2) is 10.9 Å². The Balaban J connectivity index is 1.95. The summed E-state index contributed by atoms with van der Waals surface area (Å²) in [5, 5.41) is 1.51. The highest BCUT2D eigenvalue weighted by Gasteiger charge is 2.23. The molecule has 3 aromatic rings. The summed E-state index contributed by atoms with van der Waals surface area (Å²) in [5.41, 5.74) is 0.246. The van der Waals surface area contributed by atoms with E-state index >= 15 is 0 Å². The van der Waals surface area contributed by atoms with Crippen LogP contribution in [-0.4, -0.2) is 20.6 Å². The van der Waals surface area contributed by atoms with Crippen molar-refractivity contribution in [2.45, 2.75) is 30.8 Å². The first-order chi connectivity index (χ1) is 11.9. The molecule has 3 rings (SSSR count). The lowest BCUT2D eigenvalue weighted by atomic mass is 10.1. The third-order valence-corrected chi connectivity index (χ3v) is 5.68. The van der Waals surface area contributed by atoms with Gasteiger partial charge in [0.05, 0.1) is 16.3 Å². The highest BCUT2D eigenvalue weighted by molar-refractivity contribution is 8.00. The molecule has 0 saturated heterocycles. The van der Waals surface area contributed by atoms with Crippen molar-refractivity contribution in [1.29, 1.82) is 0 Å². The van der Waals surface area contributed by atoms with Crippen molar-refractivity contribution >= 4 is 39.1 Å². The van der Waals surface area contributed by atoms with Crippen LogP contribution in [0.2, 0.25) is 0 Å². The number of hydrogen-bond acceptors (Lipinski definition) is 5. The Morgan fingerprint density at radius 1 is 1.36 bits per heavy atom. The maximum atomic E-state index is 13.8. The van der Waals surface area contributed by atoms with Crippen LogP contribution in [0.4, 0.5) is 8.78 Å². The molecule has 2 aromatic heterocycles. The smallest absolute Gasteiger partial charge is 0.272 e. The summed E-state index contributed by atoms with van der Waals surface area (Å²) in [7, 11) is 0. The zero-order valence-corrected chi connectivity index (χ0v) is 15.1. The highest BCUT2D eigenvalue weighted by atomic mass is 32.2. The Labute approximate surface area is 150 Å². The Morgan fingerprint density at radius 2 is 2.12 bits per heavy atom. The lowest BCUT2D eigenvalue weighted by Crippen LogP contribution is -2.24. The van der Waals surface area contributed by atoms with E-state index in [0.717, 1.165) is 23.9 Å². The van der Waals surface area contributed by atoms with Crippen LogP contribution >= 0.6 is 23.1 Å². The average Bonchev–Trinajstić information content (AvgIpc) is 3.03. The molecule has 2 heterocycles. The predicted molar refractivity (Wildman–Crippen MR) is 95.6 cm³/mol. The molecule has 0 aliphatic carbocycles. The molecule has 0 aliphatic heterocycles. The lowest BCUT2D eigenvalue weighted by Gasteiger charge is -2.14. The van der Waals surface area contributed by atoms with Crippen LogP contribution in [0.3, 0.4) is 0 Å². The molecule has 0 bridgehead atoms. The van der Waals surface area contributed by atoms with E-state index in [2.05, 4.69) is 4.98 Å². The molecule has 1 unspecified atom stereocenters. The molecule has 0 radical (unpaired) electrons. The van der Waals surface area contributed by atoms with Crippen LogP contribution in [-0.2, 0) is 6.54 Å². The van der Waals surface area contributed by atoms with Gasteiger partial charge in [0.2, 0.25) is 0 Å². The molecule has 0 aliphatic rings. The first-order valence-corrected chi connectivity index (χ1v) is 9.32. The largest absolute Gasteiger partial charge is 0.293 e. The van der Waals surface area contributed by atoms with E-state index in [-0.39, 0.29) is 11.1 Å².